The van der Waals surface area contributed by atoms with Gasteiger partial charge >= 0.3 is 0 Å². The zero-order valence-electron chi connectivity index (χ0n) is 10.3. The second-order valence-electron chi connectivity index (χ2n) is 4.42. The maximum atomic E-state index is 12.6. The van der Waals surface area contributed by atoms with Gasteiger partial charge in [-0.15, -0.1) is 17.9 Å². The summed E-state index contributed by atoms with van der Waals surface area (Å²) < 4.78 is 26.8. The molecule has 4 nitrogen and oxygen atoms in total. The molecule has 1 saturated carbocycles. The molecule has 1 N–H and O–H groups in total. The monoisotopic (exact) mass is 287 g/mol. The van der Waals surface area contributed by atoms with Gasteiger partial charge in [-0.3, -0.25) is 0 Å². The van der Waals surface area contributed by atoms with Crippen LogP contribution < -0.4 is 0 Å². The van der Waals surface area contributed by atoms with Crippen LogP contribution in [-0.4, -0.2) is 30.4 Å². The number of rotatable bonds is 6. The lowest BCUT2D eigenvalue weighted by Gasteiger charge is -2.21. The summed E-state index contributed by atoms with van der Waals surface area (Å²) in [6.07, 6.45) is 3.42. The van der Waals surface area contributed by atoms with E-state index in [1.165, 1.54) is 15.6 Å². The van der Waals surface area contributed by atoms with Gasteiger partial charge in [-0.2, -0.15) is 4.31 Å². The summed E-state index contributed by atoms with van der Waals surface area (Å²) in [5, 5.41) is 11.0. The molecule has 0 unspecified atom stereocenters. The predicted molar refractivity (Wildman–Crippen MR) is 72.1 cm³/mol. The van der Waals surface area contributed by atoms with Crippen LogP contribution in [0.4, 0.5) is 0 Å². The number of hydrogen-bond donors (Lipinski definition) is 1. The third-order valence-corrected chi connectivity index (χ3v) is 6.33. The molecule has 1 aliphatic rings. The second-order valence-corrected chi connectivity index (χ2v) is 7.22. The average Bonchev–Trinajstić information content (AvgIpc) is 3.08. The summed E-state index contributed by atoms with van der Waals surface area (Å²) in [6.45, 7) is 5.47. The van der Waals surface area contributed by atoms with Crippen molar-refractivity contribution in [2.24, 2.45) is 0 Å². The predicted octanol–water partition coefficient (Wildman–Crippen LogP) is 1.89. The summed E-state index contributed by atoms with van der Waals surface area (Å²) >= 11 is 1.29. The van der Waals surface area contributed by atoms with E-state index in [1.54, 1.807) is 18.4 Å². The van der Waals surface area contributed by atoms with Crippen molar-refractivity contribution < 1.29 is 13.5 Å². The molecule has 1 heterocycles. The van der Waals surface area contributed by atoms with E-state index in [4.69, 9.17) is 0 Å². The van der Waals surface area contributed by atoms with Crippen LogP contribution >= 0.6 is 11.3 Å². The molecule has 1 aromatic heterocycles. The van der Waals surface area contributed by atoms with Crippen LogP contribution in [0, 0.1) is 6.92 Å². The molecule has 6 heteroatoms. The van der Waals surface area contributed by atoms with Crippen molar-refractivity contribution in [1.82, 2.24) is 4.31 Å². The van der Waals surface area contributed by atoms with Crippen LogP contribution in [0.5, 0.6) is 0 Å². The standard InChI is InChI=1S/C12H17NO3S2/c1-3-6-13(10-4-5-10)18(15,16)12-9(2)8-17-11(12)7-14/h3,8,10,14H,1,4-7H2,2H3. The Labute approximate surface area is 112 Å². The van der Waals surface area contributed by atoms with Crippen LogP contribution in [0.1, 0.15) is 23.3 Å². The zero-order valence-corrected chi connectivity index (χ0v) is 11.9. The van der Waals surface area contributed by atoms with Crippen molar-refractivity contribution in [3.63, 3.8) is 0 Å². The third-order valence-electron chi connectivity index (χ3n) is 2.96. The van der Waals surface area contributed by atoms with Crippen LogP contribution in [0.15, 0.2) is 22.9 Å². The van der Waals surface area contributed by atoms with E-state index in [-0.39, 0.29) is 17.5 Å². The summed E-state index contributed by atoms with van der Waals surface area (Å²) in [6, 6.07) is 0.0962. The molecular weight excluding hydrogens is 270 g/mol. The van der Waals surface area contributed by atoms with Gasteiger partial charge in [0.2, 0.25) is 10.0 Å². The summed E-state index contributed by atoms with van der Waals surface area (Å²) in [4.78, 5) is 0.797. The maximum Gasteiger partial charge on any atom is 0.245 e. The first-order chi connectivity index (χ1) is 8.52. The number of nitrogens with zero attached hydrogens (tertiary/aromatic N) is 1. The highest BCUT2D eigenvalue weighted by molar-refractivity contribution is 7.89. The van der Waals surface area contributed by atoms with E-state index in [2.05, 4.69) is 6.58 Å². The molecule has 0 bridgehead atoms. The van der Waals surface area contributed by atoms with Crippen LogP contribution in [-0.2, 0) is 16.6 Å². The summed E-state index contributed by atoms with van der Waals surface area (Å²) in [7, 11) is -3.52. The van der Waals surface area contributed by atoms with Crippen molar-refractivity contribution in [2.75, 3.05) is 6.54 Å². The first-order valence-electron chi connectivity index (χ1n) is 5.83. The molecule has 0 radical (unpaired) electrons. The molecule has 1 fully saturated rings. The number of thiophene rings is 1. The van der Waals surface area contributed by atoms with Crippen molar-refractivity contribution >= 4 is 21.4 Å². The first-order valence-corrected chi connectivity index (χ1v) is 8.15. The lowest BCUT2D eigenvalue weighted by atomic mass is 10.3. The molecular formula is C12H17NO3S2. The van der Waals surface area contributed by atoms with Crippen molar-refractivity contribution in [3.05, 3.63) is 28.5 Å². The molecule has 1 aliphatic carbocycles. The largest absolute Gasteiger partial charge is 0.391 e. The van der Waals surface area contributed by atoms with Gasteiger partial charge in [0.1, 0.15) is 4.90 Å². The summed E-state index contributed by atoms with van der Waals surface area (Å²) in [5.41, 5.74) is 0.707. The van der Waals surface area contributed by atoms with Gasteiger partial charge < -0.3 is 5.11 Å². The molecule has 100 valence electrons. The van der Waals surface area contributed by atoms with Gasteiger partial charge in [0, 0.05) is 12.6 Å². The smallest absolute Gasteiger partial charge is 0.245 e. The lowest BCUT2D eigenvalue weighted by molar-refractivity contribution is 0.282. The quantitative estimate of drug-likeness (QED) is 0.813. The van der Waals surface area contributed by atoms with E-state index in [0.717, 1.165) is 12.8 Å². The van der Waals surface area contributed by atoms with Gasteiger partial charge in [0.15, 0.2) is 0 Å². The Morgan fingerprint density at radius 2 is 2.28 bits per heavy atom. The molecule has 1 aromatic rings. The van der Waals surface area contributed by atoms with Gasteiger partial charge in [-0.05, 0) is 30.7 Å². The topological polar surface area (TPSA) is 57.6 Å². The van der Waals surface area contributed by atoms with Gasteiger partial charge in [0.25, 0.3) is 0 Å². The minimum absolute atomic E-state index is 0.0962. The fourth-order valence-electron chi connectivity index (χ4n) is 1.99. The normalized spacial score (nSPS) is 16.2. The highest BCUT2D eigenvalue weighted by Crippen LogP contribution is 2.36. The van der Waals surface area contributed by atoms with Gasteiger partial charge in [-0.1, -0.05) is 6.08 Å². The fourth-order valence-corrected chi connectivity index (χ4v) is 5.27. The average molecular weight is 287 g/mol. The Kier molecular flexibility index (Phi) is 3.91. The fraction of sp³-hybridized carbons (Fsp3) is 0.500. The lowest BCUT2D eigenvalue weighted by Crippen LogP contribution is -2.33. The highest BCUT2D eigenvalue weighted by Gasteiger charge is 2.39. The third kappa shape index (κ3) is 2.38. The van der Waals surface area contributed by atoms with E-state index >= 15 is 0 Å². The Bertz CT molecular complexity index is 544. The van der Waals surface area contributed by atoms with Crippen LogP contribution in [0.2, 0.25) is 0 Å². The Morgan fingerprint density at radius 3 is 2.78 bits per heavy atom. The van der Waals surface area contributed by atoms with Gasteiger partial charge in [-0.25, -0.2) is 8.42 Å². The number of aliphatic hydroxyl groups is 1. The number of aliphatic hydroxyl groups excluding tert-OH is 1. The SMILES string of the molecule is C=CCN(C1CC1)S(=O)(=O)c1c(C)csc1CO. The van der Waals surface area contributed by atoms with Crippen molar-refractivity contribution in [1.29, 1.82) is 0 Å². The summed E-state index contributed by atoms with van der Waals surface area (Å²) in [5.74, 6) is 0. The molecule has 0 aromatic carbocycles. The highest BCUT2D eigenvalue weighted by atomic mass is 32.2. The van der Waals surface area contributed by atoms with E-state index in [9.17, 15) is 13.5 Å². The molecule has 2 rings (SSSR count). The Hall–Kier alpha value is -0.690. The van der Waals surface area contributed by atoms with E-state index in [0.29, 0.717) is 17.0 Å². The Morgan fingerprint density at radius 1 is 1.61 bits per heavy atom. The molecule has 0 spiro atoms. The van der Waals surface area contributed by atoms with E-state index < -0.39 is 10.0 Å². The molecule has 0 aliphatic heterocycles. The van der Waals surface area contributed by atoms with Crippen molar-refractivity contribution in [3.8, 4) is 0 Å². The molecule has 0 saturated heterocycles. The van der Waals surface area contributed by atoms with E-state index in [1.807, 2.05) is 0 Å². The molecule has 18 heavy (non-hydrogen) atoms. The first kappa shape index (κ1) is 13.7. The van der Waals surface area contributed by atoms with Gasteiger partial charge in [0.05, 0.1) is 11.5 Å². The van der Waals surface area contributed by atoms with Crippen molar-refractivity contribution in [2.45, 2.75) is 37.3 Å². The zero-order chi connectivity index (χ0) is 13.3. The van der Waals surface area contributed by atoms with Crippen LogP contribution in [0.25, 0.3) is 0 Å². The minimum atomic E-state index is -3.52. The maximum absolute atomic E-state index is 12.6. The minimum Gasteiger partial charge on any atom is -0.391 e. The second kappa shape index (κ2) is 5.13. The number of sulfonamides is 1. The molecule has 0 atom stereocenters. The molecule has 0 amide bonds. The number of hydrogen-bond acceptors (Lipinski definition) is 4. The van der Waals surface area contributed by atoms with Crippen LogP contribution in [0.3, 0.4) is 0 Å². The Balaban J connectivity index is 2.45. The number of aryl methyl sites for hydroxylation is 1.